The van der Waals surface area contributed by atoms with Gasteiger partial charge in [0.25, 0.3) is 0 Å². The van der Waals surface area contributed by atoms with Crippen molar-refractivity contribution in [2.24, 2.45) is 29.1 Å². The maximum atomic E-state index is 12.8. The summed E-state index contributed by atoms with van der Waals surface area (Å²) in [5.74, 6) is -0.387. The number of ether oxygens (including phenoxy) is 1. The lowest BCUT2D eigenvalue weighted by molar-refractivity contribution is -0.137. The normalized spacial score (nSPS) is 21.3. The molecular weight excluding hydrogens is 991 g/mol. The Morgan fingerprint density at radius 3 is 2.14 bits per heavy atom. The Labute approximate surface area is 405 Å². The van der Waals surface area contributed by atoms with Crippen LogP contribution in [0.5, 0.6) is 0 Å². The SMILES string of the molecule is CC(C)CCC[C@@H](C)CCC[C@@H](C)CCC(=O)[C@@H](C)C(=O)SCCNC(=O)CCNC(=O)[C@H](O)C(C)(C)COP(=O)(O)OP(=O)(O)OC[C@H]1O[C@@H](n2cnc3c(N)ncnc32)[C@H](O)[C@@H]1OP(=O)(O)O. The molecule has 1 aliphatic heterocycles. The highest BCUT2D eigenvalue weighted by Crippen LogP contribution is 2.61. The number of amides is 2. The summed E-state index contributed by atoms with van der Waals surface area (Å²) in [5, 5.41) is 26.3. The molecule has 29 heteroatoms. The van der Waals surface area contributed by atoms with Crippen LogP contribution in [-0.2, 0) is 55.5 Å². The Balaban J connectivity index is 1.36. The molecule has 1 saturated heterocycles. The Hall–Kier alpha value is -2.77. The number of imidazole rings is 1. The van der Waals surface area contributed by atoms with E-state index in [-0.39, 0.29) is 53.1 Å². The van der Waals surface area contributed by atoms with Crippen molar-refractivity contribution in [3.05, 3.63) is 12.7 Å². The Morgan fingerprint density at radius 1 is 0.884 bits per heavy atom. The van der Waals surface area contributed by atoms with E-state index in [1.807, 2.05) is 0 Å². The van der Waals surface area contributed by atoms with Gasteiger partial charge in [0.1, 0.15) is 42.0 Å². The summed E-state index contributed by atoms with van der Waals surface area (Å²) in [6.45, 7) is 10.8. The third-order valence-corrected chi connectivity index (χ3v) is 15.5. The number of hydrogen-bond donors (Lipinski definition) is 9. The molecule has 25 nitrogen and oxygen atoms in total. The summed E-state index contributed by atoms with van der Waals surface area (Å²) in [6, 6.07) is 0. The number of phosphoric acid groups is 3. The van der Waals surface area contributed by atoms with Gasteiger partial charge in [0.05, 0.1) is 25.5 Å². The molecule has 2 amide bonds. The van der Waals surface area contributed by atoms with Crippen molar-refractivity contribution in [1.29, 1.82) is 0 Å². The number of aromatic nitrogens is 4. The average molecular weight is 1060 g/mol. The molecule has 0 aromatic carbocycles. The molecule has 0 aliphatic carbocycles. The highest BCUT2D eigenvalue weighted by atomic mass is 32.2. The number of phosphoric ester groups is 3. The van der Waals surface area contributed by atoms with E-state index in [0.717, 1.165) is 54.2 Å². The van der Waals surface area contributed by atoms with Crippen molar-refractivity contribution < 1.29 is 85.3 Å². The maximum absolute atomic E-state index is 12.8. The lowest BCUT2D eigenvalue weighted by atomic mass is 9.87. The number of anilines is 1. The first-order valence-electron chi connectivity index (χ1n) is 22.6. The van der Waals surface area contributed by atoms with Gasteiger partial charge in [-0.25, -0.2) is 28.6 Å². The van der Waals surface area contributed by atoms with Gasteiger partial charge in [0.15, 0.2) is 22.8 Å². The van der Waals surface area contributed by atoms with Gasteiger partial charge in [-0.15, -0.1) is 0 Å². The smallest absolute Gasteiger partial charge is 0.386 e. The number of nitrogen functional groups attached to an aromatic ring is 1. The van der Waals surface area contributed by atoms with Gasteiger partial charge in [0, 0.05) is 37.1 Å². The van der Waals surface area contributed by atoms with Crippen LogP contribution in [0.2, 0.25) is 0 Å². The number of aliphatic hydroxyl groups is 2. The first-order chi connectivity index (χ1) is 32.0. The molecule has 0 saturated carbocycles. The van der Waals surface area contributed by atoms with Crippen LogP contribution in [0.3, 0.4) is 0 Å². The molecule has 1 aliphatic rings. The van der Waals surface area contributed by atoms with Crippen LogP contribution >= 0.6 is 35.2 Å². The summed E-state index contributed by atoms with van der Waals surface area (Å²) in [6.07, 6.45) is 1.10. The minimum absolute atomic E-state index is 0.0254. The lowest BCUT2D eigenvalue weighted by Gasteiger charge is -2.30. The maximum Gasteiger partial charge on any atom is 0.481 e. The zero-order valence-corrected chi connectivity index (χ0v) is 43.4. The first-order valence-corrected chi connectivity index (χ1v) is 28.1. The average Bonchev–Trinajstić information content (AvgIpc) is 3.81. The van der Waals surface area contributed by atoms with Gasteiger partial charge < -0.3 is 50.9 Å². The summed E-state index contributed by atoms with van der Waals surface area (Å²) < 4.78 is 62.5. The van der Waals surface area contributed by atoms with Crippen LogP contribution in [-0.4, -0.2) is 128 Å². The second-order valence-corrected chi connectivity index (χ2v) is 23.8. The monoisotopic (exact) mass is 1060 g/mol. The first kappa shape index (κ1) is 60.5. The second kappa shape index (κ2) is 27.3. The fourth-order valence-electron chi connectivity index (χ4n) is 7.12. The topological polar surface area (TPSA) is 381 Å². The fourth-order valence-corrected chi connectivity index (χ4v) is 10.7. The van der Waals surface area contributed by atoms with Crippen LogP contribution in [0, 0.1) is 29.1 Å². The number of nitrogens with one attached hydrogen (secondary N) is 2. The number of thioether (sulfide) groups is 1. The van der Waals surface area contributed by atoms with Crippen molar-refractivity contribution in [2.45, 2.75) is 137 Å². The number of nitrogens with zero attached hydrogens (tertiary/aromatic N) is 4. The van der Waals surface area contributed by atoms with Crippen molar-refractivity contribution in [3.8, 4) is 0 Å². The minimum atomic E-state index is -5.59. The number of hydrogen-bond acceptors (Lipinski definition) is 19. The zero-order chi connectivity index (χ0) is 51.9. The van der Waals surface area contributed by atoms with Gasteiger partial charge in [-0.3, -0.25) is 37.3 Å². The molecule has 3 rings (SSSR count). The van der Waals surface area contributed by atoms with E-state index in [4.69, 9.17) is 19.5 Å². The molecule has 2 aromatic rings. The van der Waals surface area contributed by atoms with E-state index in [1.54, 1.807) is 6.92 Å². The van der Waals surface area contributed by atoms with E-state index in [0.29, 0.717) is 18.3 Å². The molecule has 2 unspecified atom stereocenters. The largest absolute Gasteiger partial charge is 0.481 e. The van der Waals surface area contributed by atoms with Crippen molar-refractivity contribution >= 4 is 74.9 Å². The number of carbonyl (C=O) groups is 4. The third kappa shape index (κ3) is 20.7. The van der Waals surface area contributed by atoms with E-state index in [2.05, 4.69) is 62.1 Å². The number of ketones is 1. The molecule has 394 valence electrons. The van der Waals surface area contributed by atoms with E-state index in [1.165, 1.54) is 39.5 Å². The fraction of sp³-hybridized carbons (Fsp3) is 0.775. The minimum Gasteiger partial charge on any atom is -0.386 e. The molecule has 69 heavy (non-hydrogen) atoms. The quantitative estimate of drug-likeness (QED) is 0.0285. The van der Waals surface area contributed by atoms with Crippen LogP contribution in [0.4, 0.5) is 5.82 Å². The number of aliphatic hydroxyl groups excluding tert-OH is 2. The lowest BCUT2D eigenvalue weighted by Crippen LogP contribution is -2.46. The van der Waals surface area contributed by atoms with Crippen LogP contribution < -0.4 is 16.4 Å². The van der Waals surface area contributed by atoms with Gasteiger partial charge in [-0.05, 0) is 31.1 Å². The predicted molar refractivity (Wildman–Crippen MR) is 251 cm³/mol. The van der Waals surface area contributed by atoms with Gasteiger partial charge in [-0.1, -0.05) is 91.8 Å². The Kier molecular flexibility index (Phi) is 24.0. The standard InChI is InChI=1S/C40H70N7O18P3S/c1-24(2)10-8-11-25(3)12-9-13-26(4)14-15-28(48)27(5)39(53)69-19-18-42-30(49)16-17-43-37(52)34(51)40(6,7)21-62-68(59,60)65-67(57,58)61-20-29-33(64-66(54,55)56)32(50)38(63-29)47-23-46-31-35(41)44-22-45-36(31)47/h22-27,29,32-34,38,50-51H,8-21H2,1-7H3,(H,42,49)(H,43,52)(H,57,58)(H,59,60)(H2,41,44,45)(H2,54,55,56)/t25-,26-,27-,29-,32-,33-,34+,38-/m1/s1. The van der Waals surface area contributed by atoms with E-state index >= 15 is 0 Å². The molecule has 0 bridgehead atoms. The summed E-state index contributed by atoms with van der Waals surface area (Å²) >= 11 is 0.945. The molecule has 0 radical (unpaired) electrons. The van der Waals surface area contributed by atoms with Gasteiger partial charge in [0.2, 0.25) is 11.8 Å². The van der Waals surface area contributed by atoms with Crippen LogP contribution in [0.25, 0.3) is 11.2 Å². The van der Waals surface area contributed by atoms with Crippen molar-refractivity contribution in [1.82, 2.24) is 30.2 Å². The molecule has 2 aromatic heterocycles. The van der Waals surface area contributed by atoms with Crippen molar-refractivity contribution in [3.63, 3.8) is 0 Å². The number of Topliss-reactive ketones (excluding diaryl/α,β-unsaturated/α-hetero) is 1. The molecular formula is C40H70N7O18P3S. The van der Waals surface area contributed by atoms with E-state index in [9.17, 15) is 62.7 Å². The van der Waals surface area contributed by atoms with Crippen LogP contribution in [0.15, 0.2) is 12.7 Å². The molecule has 10 N–H and O–H groups in total. The highest BCUT2D eigenvalue weighted by Gasteiger charge is 2.50. The summed E-state index contributed by atoms with van der Waals surface area (Å²) in [7, 11) is -16.5. The second-order valence-electron chi connectivity index (χ2n) is 18.4. The third-order valence-electron chi connectivity index (χ3n) is 11.3. The van der Waals surface area contributed by atoms with Gasteiger partial charge >= 0.3 is 23.5 Å². The number of rotatable bonds is 32. The van der Waals surface area contributed by atoms with Gasteiger partial charge in [-0.2, -0.15) is 4.31 Å². The molecule has 10 atom stereocenters. The number of nitrogens with two attached hydrogens (primary N) is 1. The molecule has 1 fully saturated rings. The summed E-state index contributed by atoms with van der Waals surface area (Å²) in [4.78, 5) is 102. The highest BCUT2D eigenvalue weighted by molar-refractivity contribution is 8.13. The summed E-state index contributed by atoms with van der Waals surface area (Å²) in [5.41, 5.74) is 4.24. The molecule has 3 heterocycles. The van der Waals surface area contributed by atoms with E-state index < -0.39 is 90.5 Å². The van der Waals surface area contributed by atoms with Crippen LogP contribution in [0.1, 0.15) is 112 Å². The Morgan fingerprint density at radius 2 is 1.51 bits per heavy atom. The molecule has 0 spiro atoms. The van der Waals surface area contributed by atoms with Crippen molar-refractivity contribution in [2.75, 3.05) is 37.8 Å². The number of carbonyl (C=O) groups excluding carboxylic acids is 4. The Bertz CT molecular complexity index is 2160. The number of fused-ring (bicyclic) bond motifs is 1. The predicted octanol–water partition coefficient (Wildman–Crippen LogP) is 3.92. The zero-order valence-electron chi connectivity index (χ0n) is 39.9.